The average molecular weight is 484 g/mol. The van der Waals surface area contributed by atoms with Crippen LogP contribution < -0.4 is 10.4 Å². The van der Waals surface area contributed by atoms with Crippen LogP contribution in [0, 0.1) is 5.41 Å². The van der Waals surface area contributed by atoms with Gasteiger partial charge in [0.2, 0.25) is 0 Å². The van der Waals surface area contributed by atoms with E-state index in [0.717, 1.165) is 50.9 Å². The van der Waals surface area contributed by atoms with Gasteiger partial charge in [-0.25, -0.2) is 4.79 Å². The Bertz CT molecular complexity index is 929. The van der Waals surface area contributed by atoms with E-state index in [1.807, 2.05) is 25.7 Å². The zero-order chi connectivity index (χ0) is 25.8. The van der Waals surface area contributed by atoms with Crippen LogP contribution in [0.15, 0.2) is 18.2 Å². The van der Waals surface area contributed by atoms with Crippen LogP contribution in [0.5, 0.6) is 0 Å². The van der Waals surface area contributed by atoms with E-state index < -0.39 is 5.60 Å². The van der Waals surface area contributed by atoms with Gasteiger partial charge in [0, 0.05) is 31.9 Å². The highest BCUT2D eigenvalue weighted by atomic mass is 16.7. The molecule has 1 spiro atoms. The van der Waals surface area contributed by atoms with Gasteiger partial charge in [-0.3, -0.25) is 0 Å². The highest BCUT2D eigenvalue weighted by molar-refractivity contribution is 6.62. The lowest BCUT2D eigenvalue weighted by Crippen LogP contribution is -2.43. The Labute approximate surface area is 212 Å². The SMILES string of the molecule is CC(C)c1cc(B2OC(C)(C)C(C)(C)O2)ccc1N1CCC2(CCN(C(=O)OC(C)(C)C)C2)CC1. The fourth-order valence-corrected chi connectivity index (χ4v) is 5.50. The van der Waals surface area contributed by atoms with Crippen LogP contribution in [-0.4, -0.2) is 61.1 Å². The summed E-state index contributed by atoms with van der Waals surface area (Å²) in [6.45, 7) is 22.3. The number of hydrogen-bond donors (Lipinski definition) is 0. The second-order valence-electron chi connectivity index (χ2n) is 13.2. The van der Waals surface area contributed by atoms with Crippen molar-refractivity contribution < 1.29 is 18.8 Å². The number of carbonyl (C=O) groups is 1. The minimum absolute atomic E-state index is 0.169. The summed E-state index contributed by atoms with van der Waals surface area (Å²) < 4.78 is 18.3. The first-order chi connectivity index (χ1) is 16.1. The Morgan fingerprint density at radius 3 is 2.11 bits per heavy atom. The average Bonchev–Trinajstić information content (AvgIpc) is 3.25. The molecule has 0 N–H and O–H groups in total. The molecular formula is C28H45BN2O4. The molecule has 0 saturated carbocycles. The summed E-state index contributed by atoms with van der Waals surface area (Å²) in [5.41, 5.74) is 2.83. The number of ether oxygens (including phenoxy) is 1. The molecule has 3 fully saturated rings. The highest BCUT2D eigenvalue weighted by Crippen LogP contribution is 2.43. The normalized spacial score (nSPS) is 23.4. The Hall–Kier alpha value is -1.73. The summed E-state index contributed by atoms with van der Waals surface area (Å²) >= 11 is 0. The number of hydrogen-bond acceptors (Lipinski definition) is 5. The number of likely N-dealkylation sites (tertiary alicyclic amines) is 1. The Morgan fingerprint density at radius 2 is 1.57 bits per heavy atom. The molecule has 1 aromatic carbocycles. The van der Waals surface area contributed by atoms with Crippen molar-refractivity contribution in [3.8, 4) is 0 Å². The number of piperidine rings is 1. The predicted molar refractivity (Wildman–Crippen MR) is 143 cm³/mol. The maximum atomic E-state index is 12.6. The molecule has 0 aliphatic carbocycles. The van der Waals surface area contributed by atoms with Crippen molar-refractivity contribution in [1.29, 1.82) is 0 Å². The van der Waals surface area contributed by atoms with Crippen LogP contribution in [0.3, 0.4) is 0 Å². The number of benzene rings is 1. The first kappa shape index (κ1) is 26.3. The second-order valence-corrected chi connectivity index (χ2v) is 13.2. The highest BCUT2D eigenvalue weighted by Gasteiger charge is 2.52. The van der Waals surface area contributed by atoms with Gasteiger partial charge in [-0.2, -0.15) is 0 Å². The molecule has 0 aromatic heterocycles. The van der Waals surface area contributed by atoms with E-state index in [2.05, 4.69) is 64.6 Å². The molecule has 0 radical (unpaired) electrons. The van der Waals surface area contributed by atoms with Crippen LogP contribution in [0.4, 0.5) is 10.5 Å². The molecule has 6 nitrogen and oxygen atoms in total. The number of carbonyl (C=O) groups excluding carboxylic acids is 1. The van der Waals surface area contributed by atoms with Gasteiger partial charge in [0.25, 0.3) is 0 Å². The lowest BCUT2D eigenvalue weighted by Gasteiger charge is -2.41. The summed E-state index contributed by atoms with van der Waals surface area (Å²) in [4.78, 5) is 17.0. The van der Waals surface area contributed by atoms with E-state index in [-0.39, 0.29) is 29.8 Å². The van der Waals surface area contributed by atoms with Crippen molar-refractivity contribution in [1.82, 2.24) is 4.90 Å². The first-order valence-electron chi connectivity index (χ1n) is 13.3. The Balaban J connectivity index is 1.44. The van der Waals surface area contributed by atoms with Crippen LogP contribution in [0.1, 0.15) is 93.1 Å². The van der Waals surface area contributed by atoms with Gasteiger partial charge in [0.05, 0.1) is 11.2 Å². The van der Waals surface area contributed by atoms with Crippen molar-refractivity contribution in [2.45, 2.75) is 104 Å². The van der Waals surface area contributed by atoms with E-state index in [4.69, 9.17) is 14.0 Å². The number of rotatable bonds is 3. The number of amides is 1. The number of anilines is 1. The molecule has 0 unspecified atom stereocenters. The monoisotopic (exact) mass is 484 g/mol. The minimum atomic E-state index is -0.449. The van der Waals surface area contributed by atoms with E-state index in [0.29, 0.717) is 5.92 Å². The van der Waals surface area contributed by atoms with Crippen molar-refractivity contribution in [2.75, 3.05) is 31.1 Å². The standard InChI is InChI=1S/C28H45BN2O4/c1-20(2)22-18-21(29-34-26(6,7)27(8,9)35-29)10-11-23(22)30-15-12-28(13-16-30)14-17-31(19-28)24(32)33-25(3,4)5/h10-11,18,20H,12-17,19H2,1-9H3. The molecule has 1 amide bonds. The molecule has 0 bridgehead atoms. The topological polar surface area (TPSA) is 51.2 Å². The Morgan fingerprint density at radius 1 is 1.00 bits per heavy atom. The van der Waals surface area contributed by atoms with E-state index >= 15 is 0 Å². The van der Waals surface area contributed by atoms with Crippen LogP contribution >= 0.6 is 0 Å². The number of nitrogens with zero attached hydrogens (tertiary/aromatic N) is 2. The van der Waals surface area contributed by atoms with Gasteiger partial charge in [0.15, 0.2) is 0 Å². The van der Waals surface area contributed by atoms with Gasteiger partial charge < -0.3 is 23.8 Å². The zero-order valence-electron chi connectivity index (χ0n) is 23.4. The third kappa shape index (κ3) is 5.36. The Kier molecular flexibility index (Phi) is 6.76. The molecule has 4 rings (SSSR count). The van der Waals surface area contributed by atoms with Crippen LogP contribution in [-0.2, 0) is 14.0 Å². The predicted octanol–water partition coefficient (Wildman–Crippen LogP) is 5.34. The molecule has 1 aromatic rings. The third-order valence-corrected chi connectivity index (χ3v) is 8.45. The van der Waals surface area contributed by atoms with Gasteiger partial charge in [-0.1, -0.05) is 26.0 Å². The molecule has 0 atom stereocenters. The molecule has 3 aliphatic rings. The zero-order valence-corrected chi connectivity index (χ0v) is 23.4. The van der Waals surface area contributed by atoms with E-state index in [1.165, 1.54) is 11.3 Å². The first-order valence-corrected chi connectivity index (χ1v) is 13.3. The molecular weight excluding hydrogens is 439 g/mol. The van der Waals surface area contributed by atoms with Crippen LogP contribution in [0.25, 0.3) is 0 Å². The molecule has 194 valence electrons. The summed E-state index contributed by atoms with van der Waals surface area (Å²) in [6, 6.07) is 6.72. The van der Waals surface area contributed by atoms with E-state index in [9.17, 15) is 4.79 Å². The van der Waals surface area contributed by atoms with Gasteiger partial charge in [-0.15, -0.1) is 0 Å². The second kappa shape index (κ2) is 8.98. The lowest BCUT2D eigenvalue weighted by atomic mass is 9.76. The lowest BCUT2D eigenvalue weighted by molar-refractivity contribution is 0.00578. The fourth-order valence-electron chi connectivity index (χ4n) is 5.50. The minimum Gasteiger partial charge on any atom is -0.444 e. The summed E-state index contributed by atoms with van der Waals surface area (Å²) in [5.74, 6) is 0.400. The molecule has 3 saturated heterocycles. The third-order valence-electron chi connectivity index (χ3n) is 8.45. The summed E-state index contributed by atoms with van der Waals surface area (Å²) in [7, 11) is -0.339. The van der Waals surface area contributed by atoms with Gasteiger partial charge >= 0.3 is 13.2 Å². The molecule has 35 heavy (non-hydrogen) atoms. The van der Waals surface area contributed by atoms with Crippen molar-refractivity contribution >= 4 is 24.4 Å². The maximum Gasteiger partial charge on any atom is 0.494 e. The molecule has 3 heterocycles. The van der Waals surface area contributed by atoms with Crippen molar-refractivity contribution in [3.05, 3.63) is 23.8 Å². The largest absolute Gasteiger partial charge is 0.494 e. The maximum absolute atomic E-state index is 12.6. The van der Waals surface area contributed by atoms with E-state index in [1.54, 1.807) is 0 Å². The quantitative estimate of drug-likeness (QED) is 0.543. The fraction of sp³-hybridized carbons (Fsp3) is 0.750. The summed E-state index contributed by atoms with van der Waals surface area (Å²) in [6.07, 6.45) is 3.10. The van der Waals surface area contributed by atoms with Crippen molar-refractivity contribution in [3.63, 3.8) is 0 Å². The molecule has 7 heteroatoms. The summed E-state index contributed by atoms with van der Waals surface area (Å²) in [5, 5.41) is 0. The molecule has 3 aliphatic heterocycles. The van der Waals surface area contributed by atoms with Gasteiger partial charge in [-0.05, 0) is 96.2 Å². The smallest absolute Gasteiger partial charge is 0.444 e. The van der Waals surface area contributed by atoms with Crippen LogP contribution in [0.2, 0.25) is 0 Å². The van der Waals surface area contributed by atoms with Crippen molar-refractivity contribution in [2.24, 2.45) is 5.41 Å². The van der Waals surface area contributed by atoms with Gasteiger partial charge in [0.1, 0.15) is 5.60 Å².